The fourth-order valence-electron chi connectivity index (χ4n) is 2.06. The van der Waals surface area contributed by atoms with Crippen LogP contribution < -0.4 is 5.73 Å². The van der Waals surface area contributed by atoms with Crippen molar-refractivity contribution in [2.45, 2.75) is 6.18 Å². The van der Waals surface area contributed by atoms with E-state index < -0.39 is 17.6 Å². The summed E-state index contributed by atoms with van der Waals surface area (Å²) < 4.78 is 53.4. The molecule has 2 aromatic heterocycles. The molecule has 0 fully saturated rings. The molecule has 8 heteroatoms. The van der Waals surface area contributed by atoms with E-state index in [1.54, 1.807) is 0 Å². The highest BCUT2D eigenvalue weighted by Crippen LogP contribution is 2.33. The molecule has 0 spiro atoms. The summed E-state index contributed by atoms with van der Waals surface area (Å²) in [4.78, 5) is 7.79. The molecule has 0 aliphatic heterocycles. The van der Waals surface area contributed by atoms with E-state index >= 15 is 0 Å². The lowest BCUT2D eigenvalue weighted by Crippen LogP contribution is -2.09. The number of pyridine rings is 1. The number of fused-ring (bicyclic) bond motifs is 1. The average molecular weight is 296 g/mol. The number of nitrogens with two attached hydrogens (primary N) is 1. The third kappa shape index (κ3) is 2.18. The zero-order valence-corrected chi connectivity index (χ0v) is 10.4. The van der Waals surface area contributed by atoms with Gasteiger partial charge in [0.05, 0.1) is 23.0 Å². The normalized spacial score (nSPS) is 12.0. The van der Waals surface area contributed by atoms with E-state index in [1.807, 2.05) is 0 Å². The molecule has 108 valence electrons. The van der Waals surface area contributed by atoms with Gasteiger partial charge in [0, 0.05) is 6.20 Å². The van der Waals surface area contributed by atoms with Crippen LogP contribution >= 0.6 is 0 Å². The van der Waals surface area contributed by atoms with E-state index in [9.17, 15) is 17.6 Å². The molecule has 21 heavy (non-hydrogen) atoms. The number of rotatable bonds is 1. The maximum atomic E-state index is 13.9. The van der Waals surface area contributed by atoms with Crippen LogP contribution in [-0.4, -0.2) is 14.5 Å². The molecule has 2 heterocycles. The minimum absolute atomic E-state index is 0.115. The topological polar surface area (TPSA) is 56.7 Å². The Morgan fingerprint density at radius 3 is 2.62 bits per heavy atom. The first-order valence-corrected chi connectivity index (χ1v) is 5.83. The minimum atomic E-state index is -4.57. The van der Waals surface area contributed by atoms with Crippen LogP contribution in [0.25, 0.3) is 16.7 Å². The van der Waals surface area contributed by atoms with Gasteiger partial charge in [-0.25, -0.2) is 9.37 Å². The van der Waals surface area contributed by atoms with Crippen LogP contribution in [0.5, 0.6) is 0 Å². The standard InChI is InChI=1S/C13H8F4N4/c14-8-2-1-7(13(15,16)17)5-11(8)21-10-3-4-19-6-9(10)20-12(21)18/h1-6H,(H2,18,20). The smallest absolute Gasteiger partial charge is 0.369 e. The van der Waals surface area contributed by atoms with Crippen molar-refractivity contribution >= 4 is 17.0 Å². The van der Waals surface area contributed by atoms with Gasteiger partial charge in [-0.05, 0) is 24.3 Å². The Bertz CT molecular complexity index is 823. The number of anilines is 1. The van der Waals surface area contributed by atoms with Gasteiger partial charge in [-0.2, -0.15) is 13.2 Å². The molecule has 4 nitrogen and oxygen atoms in total. The van der Waals surface area contributed by atoms with E-state index in [0.29, 0.717) is 23.2 Å². The van der Waals surface area contributed by atoms with Crippen LogP contribution in [0.2, 0.25) is 0 Å². The van der Waals surface area contributed by atoms with Gasteiger partial charge in [0.15, 0.2) is 0 Å². The SMILES string of the molecule is Nc1nc2cnccc2n1-c1cc(C(F)(F)F)ccc1F. The first-order chi connectivity index (χ1) is 9.88. The van der Waals surface area contributed by atoms with E-state index in [2.05, 4.69) is 9.97 Å². The summed E-state index contributed by atoms with van der Waals surface area (Å²) in [6.07, 6.45) is -1.76. The van der Waals surface area contributed by atoms with Gasteiger partial charge >= 0.3 is 6.18 Å². The van der Waals surface area contributed by atoms with E-state index in [-0.39, 0.29) is 11.6 Å². The Morgan fingerprint density at radius 2 is 1.90 bits per heavy atom. The molecule has 0 bridgehead atoms. The summed E-state index contributed by atoms with van der Waals surface area (Å²) in [6.45, 7) is 0. The van der Waals surface area contributed by atoms with Crippen LogP contribution in [0.1, 0.15) is 5.56 Å². The molecule has 0 saturated heterocycles. The van der Waals surface area contributed by atoms with E-state index in [0.717, 1.165) is 10.6 Å². The minimum Gasteiger partial charge on any atom is -0.369 e. The van der Waals surface area contributed by atoms with Gasteiger partial charge < -0.3 is 5.73 Å². The van der Waals surface area contributed by atoms with E-state index in [1.165, 1.54) is 18.5 Å². The van der Waals surface area contributed by atoms with Gasteiger partial charge in [-0.3, -0.25) is 9.55 Å². The predicted molar refractivity (Wildman–Crippen MR) is 68.2 cm³/mol. The highest BCUT2D eigenvalue weighted by molar-refractivity contribution is 5.79. The summed E-state index contributed by atoms with van der Waals surface area (Å²) in [5.41, 5.74) is 5.16. The zero-order chi connectivity index (χ0) is 15.2. The Hall–Kier alpha value is -2.64. The summed E-state index contributed by atoms with van der Waals surface area (Å²) in [5.74, 6) is -0.943. The number of hydrogen-bond donors (Lipinski definition) is 1. The lowest BCUT2D eigenvalue weighted by atomic mass is 10.2. The molecule has 0 aliphatic carbocycles. The molecular weight excluding hydrogens is 288 g/mol. The fourth-order valence-corrected chi connectivity index (χ4v) is 2.06. The molecule has 0 atom stereocenters. The lowest BCUT2D eigenvalue weighted by Gasteiger charge is -2.12. The number of nitrogens with zero attached hydrogens (tertiary/aromatic N) is 3. The van der Waals surface area contributed by atoms with Crippen LogP contribution in [0, 0.1) is 5.82 Å². The summed E-state index contributed by atoms with van der Waals surface area (Å²) in [6, 6.07) is 3.63. The number of benzene rings is 1. The number of hydrogen-bond acceptors (Lipinski definition) is 3. The molecule has 1 aromatic carbocycles. The van der Waals surface area contributed by atoms with Crippen molar-refractivity contribution in [3.63, 3.8) is 0 Å². The van der Waals surface area contributed by atoms with Crippen LogP contribution in [0.3, 0.4) is 0 Å². The van der Waals surface area contributed by atoms with Crippen molar-refractivity contribution < 1.29 is 17.6 Å². The second kappa shape index (κ2) is 4.44. The number of aromatic nitrogens is 3. The highest BCUT2D eigenvalue weighted by atomic mass is 19.4. The Labute approximate surface area is 115 Å². The summed E-state index contributed by atoms with van der Waals surface area (Å²) in [7, 11) is 0. The number of halogens is 4. The molecule has 3 aromatic rings. The molecule has 0 amide bonds. The Kier molecular flexibility index (Phi) is 2.82. The third-order valence-corrected chi connectivity index (χ3v) is 3.00. The second-order valence-corrected chi connectivity index (χ2v) is 4.33. The van der Waals surface area contributed by atoms with Gasteiger partial charge in [-0.1, -0.05) is 0 Å². The molecule has 3 rings (SSSR count). The maximum absolute atomic E-state index is 13.9. The van der Waals surface area contributed by atoms with Crippen molar-refractivity contribution in [2.75, 3.05) is 5.73 Å². The first-order valence-electron chi connectivity index (χ1n) is 5.83. The van der Waals surface area contributed by atoms with Crippen LogP contribution in [-0.2, 0) is 6.18 Å². The monoisotopic (exact) mass is 296 g/mol. The van der Waals surface area contributed by atoms with Gasteiger partial charge in [0.2, 0.25) is 5.95 Å². The van der Waals surface area contributed by atoms with Crippen molar-refractivity contribution in [1.82, 2.24) is 14.5 Å². The van der Waals surface area contributed by atoms with Crippen LogP contribution in [0.4, 0.5) is 23.5 Å². The van der Waals surface area contributed by atoms with Crippen molar-refractivity contribution in [2.24, 2.45) is 0 Å². The number of nitrogen functional groups attached to an aromatic ring is 1. The predicted octanol–water partition coefficient (Wildman–Crippen LogP) is 3.16. The average Bonchev–Trinajstić information content (AvgIpc) is 2.74. The number of imidazole rings is 1. The molecule has 0 saturated carbocycles. The molecule has 0 radical (unpaired) electrons. The van der Waals surface area contributed by atoms with Gasteiger partial charge in [0.1, 0.15) is 11.3 Å². The molecule has 0 unspecified atom stereocenters. The molecular formula is C13H8F4N4. The van der Waals surface area contributed by atoms with Crippen molar-refractivity contribution in [3.05, 3.63) is 48.0 Å². The Morgan fingerprint density at radius 1 is 1.14 bits per heavy atom. The van der Waals surface area contributed by atoms with Gasteiger partial charge in [0.25, 0.3) is 0 Å². The lowest BCUT2D eigenvalue weighted by molar-refractivity contribution is -0.137. The molecule has 2 N–H and O–H groups in total. The Balaban J connectivity index is 2.30. The van der Waals surface area contributed by atoms with E-state index in [4.69, 9.17) is 5.73 Å². The summed E-state index contributed by atoms with van der Waals surface area (Å²) >= 11 is 0. The van der Waals surface area contributed by atoms with Crippen molar-refractivity contribution in [3.8, 4) is 5.69 Å². The molecule has 0 aliphatic rings. The fraction of sp³-hybridized carbons (Fsp3) is 0.0769. The summed E-state index contributed by atoms with van der Waals surface area (Å²) in [5, 5.41) is 0. The largest absolute Gasteiger partial charge is 0.416 e. The maximum Gasteiger partial charge on any atom is 0.416 e. The first kappa shape index (κ1) is 13.3. The second-order valence-electron chi connectivity index (χ2n) is 4.33. The zero-order valence-electron chi connectivity index (χ0n) is 10.4. The highest BCUT2D eigenvalue weighted by Gasteiger charge is 2.31. The third-order valence-electron chi connectivity index (χ3n) is 3.00. The van der Waals surface area contributed by atoms with Gasteiger partial charge in [-0.15, -0.1) is 0 Å². The quantitative estimate of drug-likeness (QED) is 0.702. The number of alkyl halides is 3. The van der Waals surface area contributed by atoms with Crippen molar-refractivity contribution in [1.29, 1.82) is 0 Å². The van der Waals surface area contributed by atoms with Crippen LogP contribution in [0.15, 0.2) is 36.7 Å².